The molecule has 2 aromatic carbocycles. The van der Waals surface area contributed by atoms with Crippen LogP contribution in [0.2, 0.25) is 0 Å². The van der Waals surface area contributed by atoms with Crippen LogP contribution in [0.4, 0.5) is 15.8 Å². The number of benzene rings is 2. The molecule has 0 heterocycles. The summed E-state index contributed by atoms with van der Waals surface area (Å²) < 4.78 is 12.8. The quantitative estimate of drug-likeness (QED) is 0.668. The first-order valence-electron chi connectivity index (χ1n) is 6.29. The van der Waals surface area contributed by atoms with Crippen molar-refractivity contribution >= 4 is 11.4 Å². The van der Waals surface area contributed by atoms with Crippen LogP contribution in [0.25, 0.3) is 0 Å². The van der Waals surface area contributed by atoms with E-state index in [0.717, 1.165) is 23.2 Å². The smallest absolute Gasteiger partial charge is 0.269 e. The van der Waals surface area contributed by atoms with E-state index in [1.54, 1.807) is 24.3 Å². The van der Waals surface area contributed by atoms with Gasteiger partial charge in [0, 0.05) is 24.4 Å². The van der Waals surface area contributed by atoms with Gasteiger partial charge in [-0.3, -0.25) is 10.1 Å². The van der Waals surface area contributed by atoms with Gasteiger partial charge < -0.3 is 5.32 Å². The molecule has 0 unspecified atom stereocenters. The lowest BCUT2D eigenvalue weighted by Gasteiger charge is -2.09. The van der Waals surface area contributed by atoms with Gasteiger partial charge in [0.05, 0.1) is 4.92 Å². The molecule has 0 aliphatic heterocycles. The highest BCUT2D eigenvalue weighted by molar-refractivity contribution is 5.55. The van der Waals surface area contributed by atoms with Crippen LogP contribution in [-0.4, -0.2) is 11.5 Å². The average molecular weight is 274 g/mol. The lowest BCUT2D eigenvalue weighted by Crippen LogP contribution is -2.06. The molecule has 0 fully saturated rings. The number of nitro benzene ring substituents is 1. The van der Waals surface area contributed by atoms with Crippen LogP contribution >= 0.6 is 0 Å². The molecule has 1 N–H and O–H groups in total. The zero-order valence-corrected chi connectivity index (χ0v) is 11.1. The summed E-state index contributed by atoms with van der Waals surface area (Å²) in [5.41, 5.74) is 2.83. The zero-order valence-electron chi connectivity index (χ0n) is 11.1. The molecular formula is C15H15FN2O2. The maximum absolute atomic E-state index is 12.8. The SMILES string of the molecule is Cc1cc([N+](=O)[O-])ccc1NCCc1ccc(F)cc1. The van der Waals surface area contributed by atoms with Crippen molar-refractivity contribution in [2.45, 2.75) is 13.3 Å². The van der Waals surface area contributed by atoms with E-state index in [4.69, 9.17) is 0 Å². The predicted molar refractivity (Wildman–Crippen MR) is 76.4 cm³/mol. The Balaban J connectivity index is 1.94. The van der Waals surface area contributed by atoms with E-state index < -0.39 is 4.92 Å². The molecule has 0 amide bonds. The summed E-state index contributed by atoms with van der Waals surface area (Å²) in [7, 11) is 0. The molecule has 104 valence electrons. The van der Waals surface area contributed by atoms with Crippen LogP contribution in [0.5, 0.6) is 0 Å². The molecule has 0 spiro atoms. The Morgan fingerprint density at radius 2 is 1.90 bits per heavy atom. The van der Waals surface area contributed by atoms with Gasteiger partial charge in [0.2, 0.25) is 0 Å². The fraction of sp³-hybridized carbons (Fsp3) is 0.200. The third-order valence-corrected chi connectivity index (χ3v) is 3.06. The second-order valence-corrected chi connectivity index (χ2v) is 4.56. The number of nitro groups is 1. The Bertz CT molecular complexity index is 612. The number of hydrogen-bond acceptors (Lipinski definition) is 3. The van der Waals surface area contributed by atoms with E-state index in [1.807, 2.05) is 6.92 Å². The average Bonchev–Trinajstić information content (AvgIpc) is 2.42. The summed E-state index contributed by atoms with van der Waals surface area (Å²) in [5, 5.41) is 13.9. The van der Waals surface area contributed by atoms with Gasteiger partial charge in [-0.05, 0) is 42.7 Å². The molecule has 0 atom stereocenters. The Labute approximate surface area is 116 Å². The van der Waals surface area contributed by atoms with Crippen molar-refractivity contribution in [2.24, 2.45) is 0 Å². The highest BCUT2D eigenvalue weighted by Gasteiger charge is 2.07. The molecule has 0 saturated heterocycles. The monoisotopic (exact) mass is 274 g/mol. The third-order valence-electron chi connectivity index (χ3n) is 3.06. The lowest BCUT2D eigenvalue weighted by molar-refractivity contribution is -0.384. The van der Waals surface area contributed by atoms with Crippen molar-refractivity contribution in [1.29, 1.82) is 0 Å². The molecule has 0 saturated carbocycles. The molecule has 0 aliphatic rings. The maximum atomic E-state index is 12.8. The molecule has 2 aromatic rings. The van der Waals surface area contributed by atoms with E-state index in [1.165, 1.54) is 18.2 Å². The summed E-state index contributed by atoms with van der Waals surface area (Å²) in [4.78, 5) is 10.2. The standard InChI is InChI=1S/C15H15FN2O2/c1-11-10-14(18(19)20)6-7-15(11)17-9-8-12-2-4-13(16)5-3-12/h2-7,10,17H,8-9H2,1H3. The van der Waals surface area contributed by atoms with Crippen LogP contribution < -0.4 is 5.32 Å². The normalized spacial score (nSPS) is 10.3. The number of hydrogen-bond donors (Lipinski definition) is 1. The van der Waals surface area contributed by atoms with Crippen molar-refractivity contribution in [2.75, 3.05) is 11.9 Å². The van der Waals surface area contributed by atoms with Crippen LogP contribution in [0.3, 0.4) is 0 Å². The number of anilines is 1. The van der Waals surface area contributed by atoms with Crippen LogP contribution in [0.1, 0.15) is 11.1 Å². The van der Waals surface area contributed by atoms with E-state index >= 15 is 0 Å². The molecule has 0 aliphatic carbocycles. The van der Waals surface area contributed by atoms with Crippen LogP contribution in [0.15, 0.2) is 42.5 Å². The van der Waals surface area contributed by atoms with E-state index in [0.29, 0.717) is 6.54 Å². The zero-order chi connectivity index (χ0) is 14.5. The van der Waals surface area contributed by atoms with Gasteiger partial charge in [-0.15, -0.1) is 0 Å². The molecule has 4 nitrogen and oxygen atoms in total. The summed E-state index contributed by atoms with van der Waals surface area (Å²) in [6.07, 6.45) is 0.761. The minimum Gasteiger partial charge on any atom is -0.384 e. The van der Waals surface area contributed by atoms with Crippen molar-refractivity contribution in [1.82, 2.24) is 0 Å². The fourth-order valence-electron chi connectivity index (χ4n) is 1.95. The van der Waals surface area contributed by atoms with Crippen molar-refractivity contribution < 1.29 is 9.31 Å². The number of rotatable bonds is 5. The first-order valence-corrected chi connectivity index (χ1v) is 6.29. The second kappa shape index (κ2) is 6.14. The first-order chi connectivity index (χ1) is 9.56. The Hall–Kier alpha value is -2.43. The summed E-state index contributed by atoms with van der Waals surface area (Å²) in [5.74, 6) is -0.243. The van der Waals surface area contributed by atoms with Crippen LogP contribution in [-0.2, 0) is 6.42 Å². The highest BCUT2D eigenvalue weighted by Crippen LogP contribution is 2.21. The number of nitrogens with zero attached hydrogens (tertiary/aromatic N) is 1. The third kappa shape index (κ3) is 3.54. The molecule has 0 aromatic heterocycles. The van der Waals surface area contributed by atoms with Gasteiger partial charge in [-0.25, -0.2) is 4.39 Å². The van der Waals surface area contributed by atoms with Gasteiger partial charge in [-0.1, -0.05) is 12.1 Å². The minimum absolute atomic E-state index is 0.0894. The lowest BCUT2D eigenvalue weighted by atomic mass is 10.1. The summed E-state index contributed by atoms with van der Waals surface area (Å²) in [6.45, 7) is 2.51. The van der Waals surface area contributed by atoms with Gasteiger partial charge in [0.15, 0.2) is 0 Å². The highest BCUT2D eigenvalue weighted by atomic mass is 19.1. The van der Waals surface area contributed by atoms with Crippen molar-refractivity contribution in [3.05, 3.63) is 69.5 Å². The predicted octanol–water partition coefficient (Wildman–Crippen LogP) is 3.70. The van der Waals surface area contributed by atoms with Gasteiger partial charge >= 0.3 is 0 Å². The second-order valence-electron chi connectivity index (χ2n) is 4.56. The number of aryl methyl sites for hydroxylation is 1. The molecule has 2 rings (SSSR count). The minimum atomic E-state index is -0.407. The topological polar surface area (TPSA) is 55.2 Å². The summed E-state index contributed by atoms with van der Waals surface area (Å²) >= 11 is 0. The largest absolute Gasteiger partial charge is 0.384 e. The molecular weight excluding hydrogens is 259 g/mol. The Kier molecular flexibility index (Phi) is 4.30. The Morgan fingerprint density at radius 1 is 1.20 bits per heavy atom. The maximum Gasteiger partial charge on any atom is 0.269 e. The van der Waals surface area contributed by atoms with E-state index in [-0.39, 0.29) is 11.5 Å². The summed E-state index contributed by atoms with van der Waals surface area (Å²) in [6, 6.07) is 11.1. The first kappa shape index (κ1) is 14.0. The molecule has 5 heteroatoms. The molecule has 20 heavy (non-hydrogen) atoms. The van der Waals surface area contributed by atoms with Gasteiger partial charge in [0.1, 0.15) is 5.82 Å². The Morgan fingerprint density at radius 3 is 2.50 bits per heavy atom. The van der Waals surface area contributed by atoms with Crippen molar-refractivity contribution in [3.8, 4) is 0 Å². The van der Waals surface area contributed by atoms with Gasteiger partial charge in [0.25, 0.3) is 5.69 Å². The number of halogens is 1. The van der Waals surface area contributed by atoms with Crippen molar-refractivity contribution in [3.63, 3.8) is 0 Å². The fourth-order valence-corrected chi connectivity index (χ4v) is 1.95. The molecule has 0 bridgehead atoms. The van der Waals surface area contributed by atoms with Crippen LogP contribution in [0, 0.1) is 22.9 Å². The number of non-ortho nitro benzene ring substituents is 1. The molecule has 0 radical (unpaired) electrons. The van der Waals surface area contributed by atoms with Gasteiger partial charge in [-0.2, -0.15) is 0 Å². The van der Waals surface area contributed by atoms with E-state index in [9.17, 15) is 14.5 Å². The van der Waals surface area contributed by atoms with E-state index in [2.05, 4.69) is 5.32 Å². The number of nitrogens with one attached hydrogen (secondary N) is 1.